The minimum atomic E-state index is 0.519. The van der Waals surface area contributed by atoms with Crippen LogP contribution in [0.3, 0.4) is 0 Å². The van der Waals surface area contributed by atoms with E-state index >= 15 is 0 Å². The van der Waals surface area contributed by atoms with Crippen molar-refractivity contribution in [2.75, 3.05) is 18.5 Å². The first kappa shape index (κ1) is 16.9. The predicted molar refractivity (Wildman–Crippen MR) is 102 cm³/mol. The van der Waals surface area contributed by atoms with Crippen molar-refractivity contribution in [2.45, 2.75) is 13.5 Å². The molecule has 0 aliphatic heterocycles. The lowest BCUT2D eigenvalue weighted by Crippen LogP contribution is -2.09. The van der Waals surface area contributed by atoms with Gasteiger partial charge in [0.1, 0.15) is 24.7 Å². The van der Waals surface area contributed by atoms with E-state index in [4.69, 9.17) is 9.47 Å². The third kappa shape index (κ3) is 5.28. The second kappa shape index (κ2) is 8.78. The molecule has 0 bridgehead atoms. The molecule has 0 spiro atoms. The van der Waals surface area contributed by atoms with Gasteiger partial charge < -0.3 is 14.8 Å². The average molecular weight is 333 g/mol. The molecule has 1 N–H and O–H groups in total. The summed E-state index contributed by atoms with van der Waals surface area (Å²) < 4.78 is 11.3. The fraction of sp³-hybridized carbons (Fsp3) is 0.182. The molecular weight excluding hydrogens is 310 g/mol. The third-order valence-electron chi connectivity index (χ3n) is 3.96. The number of hydrogen-bond donors (Lipinski definition) is 1. The van der Waals surface area contributed by atoms with Gasteiger partial charge in [0, 0.05) is 12.2 Å². The summed E-state index contributed by atoms with van der Waals surface area (Å²) >= 11 is 0. The van der Waals surface area contributed by atoms with Crippen molar-refractivity contribution in [1.29, 1.82) is 0 Å². The monoisotopic (exact) mass is 333 g/mol. The van der Waals surface area contributed by atoms with Crippen LogP contribution in [-0.4, -0.2) is 13.2 Å². The smallest absolute Gasteiger partial charge is 0.122 e. The number of rotatable bonds is 8. The average Bonchev–Trinajstić information content (AvgIpc) is 2.66. The maximum Gasteiger partial charge on any atom is 0.122 e. The summed E-state index contributed by atoms with van der Waals surface area (Å²) in [6.45, 7) is 3.99. The summed E-state index contributed by atoms with van der Waals surface area (Å²) in [5.41, 5.74) is 3.69. The van der Waals surface area contributed by atoms with E-state index in [9.17, 15) is 0 Å². The summed E-state index contributed by atoms with van der Waals surface area (Å²) in [5, 5.41) is 3.44. The highest BCUT2D eigenvalue weighted by atomic mass is 16.5. The number of ether oxygens (including phenoxy) is 2. The van der Waals surface area contributed by atoms with E-state index in [1.165, 1.54) is 11.1 Å². The molecule has 0 heterocycles. The molecule has 0 aromatic heterocycles. The zero-order valence-electron chi connectivity index (χ0n) is 14.4. The minimum absolute atomic E-state index is 0.519. The molecule has 0 aliphatic carbocycles. The molecule has 25 heavy (non-hydrogen) atoms. The second-order valence-corrected chi connectivity index (χ2v) is 5.81. The molecule has 3 heteroatoms. The Kier molecular flexibility index (Phi) is 5.94. The van der Waals surface area contributed by atoms with Gasteiger partial charge in [-0.15, -0.1) is 0 Å². The van der Waals surface area contributed by atoms with Gasteiger partial charge in [0.25, 0.3) is 0 Å². The van der Waals surface area contributed by atoms with E-state index in [1.807, 2.05) is 54.6 Å². The fourth-order valence-corrected chi connectivity index (χ4v) is 2.51. The molecule has 0 atom stereocenters. The van der Waals surface area contributed by atoms with Crippen molar-refractivity contribution in [1.82, 2.24) is 0 Å². The van der Waals surface area contributed by atoms with E-state index in [-0.39, 0.29) is 0 Å². The highest BCUT2D eigenvalue weighted by molar-refractivity contribution is 5.47. The van der Waals surface area contributed by atoms with Gasteiger partial charge in [-0.1, -0.05) is 42.5 Å². The molecule has 3 aromatic carbocycles. The van der Waals surface area contributed by atoms with Crippen molar-refractivity contribution < 1.29 is 9.47 Å². The maximum absolute atomic E-state index is 5.71. The first-order chi connectivity index (χ1) is 12.3. The molecule has 0 amide bonds. The van der Waals surface area contributed by atoms with Crippen LogP contribution >= 0.6 is 0 Å². The van der Waals surface area contributed by atoms with Gasteiger partial charge in [0.15, 0.2) is 0 Å². The molecule has 0 unspecified atom stereocenters. The summed E-state index contributed by atoms with van der Waals surface area (Å²) in [6.07, 6.45) is 0. The molecular formula is C22H23NO2. The van der Waals surface area contributed by atoms with Crippen molar-refractivity contribution in [2.24, 2.45) is 0 Å². The summed E-state index contributed by atoms with van der Waals surface area (Å²) in [5.74, 6) is 1.71. The van der Waals surface area contributed by atoms with Gasteiger partial charge in [0.2, 0.25) is 0 Å². The van der Waals surface area contributed by atoms with Crippen LogP contribution in [0, 0.1) is 6.92 Å². The van der Waals surface area contributed by atoms with E-state index in [0.717, 1.165) is 23.7 Å². The molecule has 0 saturated carbocycles. The molecule has 3 aromatic rings. The van der Waals surface area contributed by atoms with Gasteiger partial charge in [-0.3, -0.25) is 0 Å². The lowest BCUT2D eigenvalue weighted by Gasteiger charge is -2.11. The zero-order chi connectivity index (χ0) is 17.3. The molecule has 0 radical (unpaired) electrons. The van der Waals surface area contributed by atoms with Crippen LogP contribution in [0.2, 0.25) is 0 Å². The normalized spacial score (nSPS) is 10.3. The van der Waals surface area contributed by atoms with Crippen LogP contribution in [0.5, 0.6) is 11.5 Å². The Labute approximate surface area is 149 Å². The Morgan fingerprint density at radius 1 is 0.680 bits per heavy atom. The van der Waals surface area contributed by atoms with Crippen molar-refractivity contribution in [3.05, 3.63) is 90.0 Å². The first-order valence-corrected chi connectivity index (χ1v) is 8.50. The fourth-order valence-electron chi connectivity index (χ4n) is 2.51. The number of para-hydroxylation sites is 1. The largest absolute Gasteiger partial charge is 0.490 e. The lowest BCUT2D eigenvalue weighted by molar-refractivity contribution is 0.217. The van der Waals surface area contributed by atoms with Crippen LogP contribution in [-0.2, 0) is 6.54 Å². The van der Waals surface area contributed by atoms with E-state index in [0.29, 0.717) is 13.2 Å². The Morgan fingerprint density at radius 3 is 1.96 bits per heavy atom. The summed E-state index contributed by atoms with van der Waals surface area (Å²) in [4.78, 5) is 0. The van der Waals surface area contributed by atoms with Crippen LogP contribution in [0.1, 0.15) is 11.1 Å². The van der Waals surface area contributed by atoms with Gasteiger partial charge in [-0.25, -0.2) is 0 Å². The predicted octanol–water partition coefficient (Wildman–Crippen LogP) is 5.06. The highest BCUT2D eigenvalue weighted by Gasteiger charge is 1.99. The Hall–Kier alpha value is -2.94. The number of benzene rings is 3. The SMILES string of the molecule is Cc1ccccc1CNc1ccc(OCCOc2ccccc2)cc1. The van der Waals surface area contributed by atoms with E-state index in [2.05, 4.69) is 36.5 Å². The zero-order valence-corrected chi connectivity index (χ0v) is 14.4. The minimum Gasteiger partial charge on any atom is -0.490 e. The van der Waals surface area contributed by atoms with Gasteiger partial charge >= 0.3 is 0 Å². The number of anilines is 1. The molecule has 128 valence electrons. The molecule has 3 nitrogen and oxygen atoms in total. The van der Waals surface area contributed by atoms with Crippen molar-refractivity contribution in [3.63, 3.8) is 0 Å². The quantitative estimate of drug-likeness (QED) is 0.584. The van der Waals surface area contributed by atoms with Crippen molar-refractivity contribution >= 4 is 5.69 Å². The second-order valence-electron chi connectivity index (χ2n) is 5.81. The summed E-state index contributed by atoms with van der Waals surface area (Å²) in [6, 6.07) is 26.2. The highest BCUT2D eigenvalue weighted by Crippen LogP contribution is 2.17. The Bertz CT molecular complexity index is 770. The van der Waals surface area contributed by atoms with E-state index in [1.54, 1.807) is 0 Å². The lowest BCUT2D eigenvalue weighted by atomic mass is 10.1. The molecule has 0 saturated heterocycles. The van der Waals surface area contributed by atoms with Gasteiger partial charge in [0.05, 0.1) is 0 Å². The Morgan fingerprint density at radius 2 is 1.28 bits per heavy atom. The molecule has 0 fully saturated rings. The van der Waals surface area contributed by atoms with Crippen LogP contribution < -0.4 is 14.8 Å². The first-order valence-electron chi connectivity index (χ1n) is 8.50. The van der Waals surface area contributed by atoms with Gasteiger partial charge in [-0.2, -0.15) is 0 Å². The standard InChI is InChI=1S/C22H23NO2/c1-18-7-5-6-8-19(18)17-23-20-11-13-22(14-12-20)25-16-15-24-21-9-3-2-4-10-21/h2-14,23H,15-17H2,1H3. The number of aryl methyl sites for hydroxylation is 1. The molecule has 0 aliphatic rings. The van der Waals surface area contributed by atoms with Crippen LogP contribution in [0.25, 0.3) is 0 Å². The maximum atomic E-state index is 5.71. The van der Waals surface area contributed by atoms with Crippen LogP contribution in [0.15, 0.2) is 78.9 Å². The van der Waals surface area contributed by atoms with E-state index < -0.39 is 0 Å². The third-order valence-corrected chi connectivity index (χ3v) is 3.96. The van der Waals surface area contributed by atoms with Crippen molar-refractivity contribution in [3.8, 4) is 11.5 Å². The van der Waals surface area contributed by atoms with Crippen LogP contribution in [0.4, 0.5) is 5.69 Å². The Balaban J connectivity index is 1.42. The number of hydrogen-bond acceptors (Lipinski definition) is 3. The number of nitrogens with one attached hydrogen (secondary N) is 1. The van der Waals surface area contributed by atoms with Gasteiger partial charge in [-0.05, 0) is 54.4 Å². The summed E-state index contributed by atoms with van der Waals surface area (Å²) in [7, 11) is 0. The topological polar surface area (TPSA) is 30.5 Å². The molecule has 3 rings (SSSR count).